The van der Waals surface area contributed by atoms with Gasteiger partial charge in [0, 0.05) is 19.2 Å². The van der Waals surface area contributed by atoms with Crippen molar-refractivity contribution in [2.45, 2.75) is 51.2 Å². The second-order valence-corrected chi connectivity index (χ2v) is 4.35. The minimum Gasteiger partial charge on any atom is -0.396 e. The summed E-state index contributed by atoms with van der Waals surface area (Å²) in [6.07, 6.45) is 5.29. The Morgan fingerprint density at radius 1 is 1.43 bits per heavy atom. The van der Waals surface area contributed by atoms with Gasteiger partial charge in [0.05, 0.1) is 6.10 Å². The van der Waals surface area contributed by atoms with E-state index in [2.05, 4.69) is 4.90 Å². The van der Waals surface area contributed by atoms with E-state index < -0.39 is 0 Å². The lowest BCUT2D eigenvalue weighted by Gasteiger charge is -2.36. The molecule has 0 aromatic rings. The van der Waals surface area contributed by atoms with Crippen LogP contribution in [0, 0.1) is 0 Å². The van der Waals surface area contributed by atoms with E-state index in [-0.39, 0.29) is 12.7 Å². The maximum absolute atomic E-state index is 9.37. The predicted molar refractivity (Wildman–Crippen MR) is 57.2 cm³/mol. The molecule has 84 valence electrons. The summed E-state index contributed by atoms with van der Waals surface area (Å²) in [6, 6.07) is 0.537. The van der Waals surface area contributed by atoms with Crippen molar-refractivity contribution in [1.29, 1.82) is 0 Å². The van der Waals surface area contributed by atoms with Crippen LogP contribution in [0.15, 0.2) is 0 Å². The SMILES string of the molecule is CC(O)CC1CCCCN1CCCO. The van der Waals surface area contributed by atoms with Crippen LogP contribution in [-0.4, -0.2) is 47.0 Å². The highest BCUT2D eigenvalue weighted by Crippen LogP contribution is 2.20. The molecule has 0 saturated carbocycles. The molecular weight excluding hydrogens is 178 g/mol. The molecule has 1 heterocycles. The zero-order valence-electron chi connectivity index (χ0n) is 9.15. The Labute approximate surface area is 86.7 Å². The zero-order valence-corrected chi connectivity index (χ0v) is 9.15. The van der Waals surface area contributed by atoms with Gasteiger partial charge in [-0.25, -0.2) is 0 Å². The Morgan fingerprint density at radius 3 is 2.86 bits per heavy atom. The molecule has 0 radical (unpaired) electrons. The van der Waals surface area contributed by atoms with Gasteiger partial charge in [-0.1, -0.05) is 6.42 Å². The summed E-state index contributed by atoms with van der Waals surface area (Å²) < 4.78 is 0. The lowest BCUT2D eigenvalue weighted by atomic mass is 9.97. The maximum atomic E-state index is 9.37. The van der Waals surface area contributed by atoms with Gasteiger partial charge in [-0.05, 0) is 39.2 Å². The lowest BCUT2D eigenvalue weighted by molar-refractivity contribution is 0.0819. The molecule has 2 atom stereocenters. The second kappa shape index (κ2) is 6.38. The van der Waals surface area contributed by atoms with Gasteiger partial charge in [0.15, 0.2) is 0 Å². The topological polar surface area (TPSA) is 43.7 Å². The number of piperidine rings is 1. The van der Waals surface area contributed by atoms with Gasteiger partial charge < -0.3 is 15.1 Å². The number of aliphatic hydroxyl groups is 2. The van der Waals surface area contributed by atoms with E-state index in [0.29, 0.717) is 6.04 Å². The van der Waals surface area contributed by atoms with E-state index in [9.17, 15) is 5.11 Å². The number of hydrogen-bond acceptors (Lipinski definition) is 3. The van der Waals surface area contributed by atoms with Crippen LogP contribution < -0.4 is 0 Å². The highest BCUT2D eigenvalue weighted by atomic mass is 16.3. The maximum Gasteiger partial charge on any atom is 0.0527 e. The molecule has 2 N–H and O–H groups in total. The van der Waals surface area contributed by atoms with Gasteiger partial charge >= 0.3 is 0 Å². The van der Waals surface area contributed by atoms with E-state index in [1.807, 2.05) is 6.92 Å². The highest BCUT2D eigenvalue weighted by molar-refractivity contribution is 4.78. The quantitative estimate of drug-likeness (QED) is 0.697. The molecule has 3 nitrogen and oxygen atoms in total. The van der Waals surface area contributed by atoms with Gasteiger partial charge in [0.25, 0.3) is 0 Å². The van der Waals surface area contributed by atoms with Crippen molar-refractivity contribution in [3.8, 4) is 0 Å². The van der Waals surface area contributed by atoms with Crippen LogP contribution in [0.4, 0.5) is 0 Å². The largest absolute Gasteiger partial charge is 0.396 e. The first-order valence-electron chi connectivity index (χ1n) is 5.77. The summed E-state index contributed by atoms with van der Waals surface area (Å²) in [5, 5.41) is 18.2. The predicted octanol–water partition coefficient (Wildman–Crippen LogP) is 0.994. The van der Waals surface area contributed by atoms with Gasteiger partial charge in [-0.3, -0.25) is 0 Å². The third kappa shape index (κ3) is 3.95. The summed E-state index contributed by atoms with van der Waals surface area (Å²) in [6.45, 7) is 4.25. The van der Waals surface area contributed by atoms with Gasteiger partial charge in [0.1, 0.15) is 0 Å². The van der Waals surface area contributed by atoms with Crippen molar-refractivity contribution in [2.75, 3.05) is 19.7 Å². The minimum atomic E-state index is -0.199. The van der Waals surface area contributed by atoms with E-state index in [1.54, 1.807) is 0 Å². The molecule has 0 spiro atoms. The first-order chi connectivity index (χ1) is 6.74. The van der Waals surface area contributed by atoms with Crippen LogP contribution in [0.5, 0.6) is 0 Å². The van der Waals surface area contributed by atoms with Crippen LogP contribution in [0.25, 0.3) is 0 Å². The van der Waals surface area contributed by atoms with Crippen molar-refractivity contribution in [2.24, 2.45) is 0 Å². The molecule has 0 bridgehead atoms. The fourth-order valence-electron chi connectivity index (χ4n) is 2.29. The molecule has 1 rings (SSSR count). The molecule has 1 aliphatic rings. The molecule has 0 amide bonds. The van der Waals surface area contributed by atoms with Crippen LogP contribution in [-0.2, 0) is 0 Å². The number of aliphatic hydroxyl groups excluding tert-OH is 2. The molecule has 2 unspecified atom stereocenters. The third-order valence-corrected chi connectivity index (χ3v) is 2.97. The third-order valence-electron chi connectivity index (χ3n) is 2.97. The first-order valence-corrected chi connectivity index (χ1v) is 5.77. The summed E-state index contributed by atoms with van der Waals surface area (Å²) in [5.41, 5.74) is 0. The van der Waals surface area contributed by atoms with Crippen molar-refractivity contribution in [3.63, 3.8) is 0 Å². The molecule has 1 saturated heterocycles. The summed E-state index contributed by atoms with van der Waals surface area (Å²) in [4.78, 5) is 2.42. The van der Waals surface area contributed by atoms with E-state index >= 15 is 0 Å². The Morgan fingerprint density at radius 2 is 2.21 bits per heavy atom. The Kier molecular flexibility index (Phi) is 5.45. The monoisotopic (exact) mass is 201 g/mol. The molecule has 1 aliphatic heterocycles. The highest BCUT2D eigenvalue weighted by Gasteiger charge is 2.22. The summed E-state index contributed by atoms with van der Waals surface area (Å²) in [7, 11) is 0. The van der Waals surface area contributed by atoms with E-state index in [1.165, 1.54) is 19.3 Å². The Hall–Kier alpha value is -0.120. The molecule has 3 heteroatoms. The number of likely N-dealkylation sites (tertiary alicyclic amines) is 1. The molecule has 14 heavy (non-hydrogen) atoms. The van der Waals surface area contributed by atoms with Gasteiger partial charge in [-0.2, -0.15) is 0 Å². The standard InChI is InChI=1S/C11H23NO2/c1-10(14)9-11-5-2-3-6-12(11)7-4-8-13/h10-11,13-14H,2-9H2,1H3. The van der Waals surface area contributed by atoms with Crippen molar-refractivity contribution >= 4 is 0 Å². The number of nitrogens with zero attached hydrogens (tertiary/aromatic N) is 1. The number of hydrogen-bond donors (Lipinski definition) is 2. The van der Waals surface area contributed by atoms with Crippen LogP contribution in [0.3, 0.4) is 0 Å². The first kappa shape index (κ1) is 12.0. The molecule has 1 fully saturated rings. The van der Waals surface area contributed by atoms with Crippen LogP contribution in [0.1, 0.15) is 39.0 Å². The summed E-state index contributed by atoms with van der Waals surface area (Å²) in [5.74, 6) is 0. The molecule has 0 aromatic carbocycles. The van der Waals surface area contributed by atoms with Crippen LogP contribution in [0.2, 0.25) is 0 Å². The fraction of sp³-hybridized carbons (Fsp3) is 1.00. The summed E-state index contributed by atoms with van der Waals surface area (Å²) >= 11 is 0. The normalized spacial score (nSPS) is 26.4. The lowest BCUT2D eigenvalue weighted by Crippen LogP contribution is -2.41. The smallest absolute Gasteiger partial charge is 0.0527 e. The number of rotatable bonds is 5. The van der Waals surface area contributed by atoms with Crippen molar-refractivity contribution in [3.05, 3.63) is 0 Å². The van der Waals surface area contributed by atoms with Gasteiger partial charge in [-0.15, -0.1) is 0 Å². The second-order valence-electron chi connectivity index (χ2n) is 4.35. The molecule has 0 aliphatic carbocycles. The fourth-order valence-corrected chi connectivity index (χ4v) is 2.29. The van der Waals surface area contributed by atoms with E-state index in [0.717, 1.165) is 25.9 Å². The average molecular weight is 201 g/mol. The molecule has 0 aromatic heterocycles. The van der Waals surface area contributed by atoms with Crippen molar-refractivity contribution < 1.29 is 10.2 Å². The minimum absolute atomic E-state index is 0.199. The Balaban J connectivity index is 2.33. The zero-order chi connectivity index (χ0) is 10.4. The molecular formula is C11H23NO2. The average Bonchev–Trinajstić information content (AvgIpc) is 2.16. The van der Waals surface area contributed by atoms with Crippen molar-refractivity contribution in [1.82, 2.24) is 4.90 Å². The Bertz CT molecular complexity index is 150. The van der Waals surface area contributed by atoms with E-state index in [4.69, 9.17) is 5.11 Å². The van der Waals surface area contributed by atoms with Gasteiger partial charge in [0.2, 0.25) is 0 Å². The van der Waals surface area contributed by atoms with Crippen LogP contribution >= 0.6 is 0 Å².